The van der Waals surface area contributed by atoms with Crippen molar-refractivity contribution in [3.05, 3.63) is 58.1 Å². The predicted molar refractivity (Wildman–Crippen MR) is 98.7 cm³/mol. The SMILES string of the molecule is COc1ccc(CCNC(=O)CCc2ccc(OC)c(Br)c2)cc1. The Kier molecular flexibility index (Phi) is 7.12. The lowest BCUT2D eigenvalue weighted by Crippen LogP contribution is -2.25. The highest BCUT2D eigenvalue weighted by molar-refractivity contribution is 9.10. The lowest BCUT2D eigenvalue weighted by molar-refractivity contribution is -0.121. The number of hydrogen-bond donors (Lipinski definition) is 1. The minimum atomic E-state index is 0.0652. The number of hydrogen-bond acceptors (Lipinski definition) is 3. The van der Waals surface area contributed by atoms with Crippen LogP contribution >= 0.6 is 15.9 Å². The molecule has 24 heavy (non-hydrogen) atoms. The van der Waals surface area contributed by atoms with Gasteiger partial charge in [0.25, 0.3) is 0 Å². The maximum atomic E-state index is 11.9. The average Bonchev–Trinajstić information content (AvgIpc) is 2.60. The minimum Gasteiger partial charge on any atom is -0.497 e. The quantitative estimate of drug-likeness (QED) is 0.744. The number of benzene rings is 2. The molecule has 0 saturated carbocycles. The molecule has 2 aromatic carbocycles. The van der Waals surface area contributed by atoms with Gasteiger partial charge in [-0.2, -0.15) is 0 Å². The van der Waals surface area contributed by atoms with E-state index in [2.05, 4.69) is 21.2 Å². The smallest absolute Gasteiger partial charge is 0.220 e. The summed E-state index contributed by atoms with van der Waals surface area (Å²) in [6.45, 7) is 0.636. The Balaban J connectivity index is 1.72. The van der Waals surface area contributed by atoms with Crippen molar-refractivity contribution in [2.24, 2.45) is 0 Å². The number of carbonyl (C=O) groups excluding carboxylic acids is 1. The second-order valence-electron chi connectivity index (χ2n) is 5.42. The molecule has 128 valence electrons. The molecule has 0 atom stereocenters. The predicted octanol–water partition coefficient (Wildman–Crippen LogP) is 3.76. The first-order valence-electron chi connectivity index (χ1n) is 7.84. The Morgan fingerprint density at radius 3 is 2.33 bits per heavy atom. The average molecular weight is 392 g/mol. The second kappa shape index (κ2) is 9.33. The molecule has 2 aromatic rings. The molecule has 5 heteroatoms. The summed E-state index contributed by atoms with van der Waals surface area (Å²) >= 11 is 3.46. The highest BCUT2D eigenvalue weighted by Gasteiger charge is 2.05. The molecule has 0 unspecified atom stereocenters. The van der Waals surface area contributed by atoms with Gasteiger partial charge in [0.2, 0.25) is 5.91 Å². The van der Waals surface area contributed by atoms with E-state index in [4.69, 9.17) is 9.47 Å². The van der Waals surface area contributed by atoms with Crippen molar-refractivity contribution in [3.8, 4) is 11.5 Å². The molecule has 0 aromatic heterocycles. The fourth-order valence-electron chi connectivity index (χ4n) is 2.35. The first kappa shape index (κ1) is 18.3. The van der Waals surface area contributed by atoms with Gasteiger partial charge in [-0.3, -0.25) is 4.79 Å². The first-order chi connectivity index (χ1) is 11.6. The Morgan fingerprint density at radius 1 is 1.00 bits per heavy atom. The molecule has 2 rings (SSSR count). The van der Waals surface area contributed by atoms with E-state index in [-0.39, 0.29) is 5.91 Å². The molecule has 0 bridgehead atoms. The zero-order valence-electron chi connectivity index (χ0n) is 14.0. The molecule has 0 fully saturated rings. The van der Waals surface area contributed by atoms with Gasteiger partial charge in [-0.15, -0.1) is 0 Å². The van der Waals surface area contributed by atoms with Crippen molar-refractivity contribution in [2.75, 3.05) is 20.8 Å². The Hall–Kier alpha value is -2.01. The summed E-state index contributed by atoms with van der Waals surface area (Å²) in [7, 11) is 3.28. The lowest BCUT2D eigenvalue weighted by Gasteiger charge is -2.08. The molecule has 1 N–H and O–H groups in total. The Morgan fingerprint density at radius 2 is 1.71 bits per heavy atom. The van der Waals surface area contributed by atoms with Gasteiger partial charge in [-0.25, -0.2) is 0 Å². The topological polar surface area (TPSA) is 47.6 Å². The van der Waals surface area contributed by atoms with Gasteiger partial charge >= 0.3 is 0 Å². The fourth-order valence-corrected chi connectivity index (χ4v) is 2.94. The van der Waals surface area contributed by atoms with Crippen LogP contribution in [0.1, 0.15) is 17.5 Å². The molecule has 0 aliphatic rings. The van der Waals surface area contributed by atoms with Crippen molar-refractivity contribution < 1.29 is 14.3 Å². The summed E-state index contributed by atoms with van der Waals surface area (Å²) in [6.07, 6.45) is 1.99. The molecule has 0 heterocycles. The number of methoxy groups -OCH3 is 2. The maximum absolute atomic E-state index is 11.9. The lowest BCUT2D eigenvalue weighted by atomic mass is 10.1. The molecule has 0 aliphatic heterocycles. The van der Waals surface area contributed by atoms with E-state index in [0.717, 1.165) is 28.0 Å². The number of carbonyl (C=O) groups is 1. The third-order valence-corrected chi connectivity index (χ3v) is 4.37. The van der Waals surface area contributed by atoms with E-state index < -0.39 is 0 Å². The molecule has 4 nitrogen and oxygen atoms in total. The number of amides is 1. The Labute approximate surface area is 151 Å². The monoisotopic (exact) mass is 391 g/mol. The number of ether oxygens (including phenoxy) is 2. The van der Waals surface area contributed by atoms with Crippen LogP contribution in [0.3, 0.4) is 0 Å². The van der Waals surface area contributed by atoms with Gasteiger partial charge in [-0.1, -0.05) is 18.2 Å². The van der Waals surface area contributed by atoms with E-state index in [1.165, 1.54) is 5.56 Å². The van der Waals surface area contributed by atoms with Crippen molar-refractivity contribution in [3.63, 3.8) is 0 Å². The third-order valence-electron chi connectivity index (χ3n) is 3.75. The van der Waals surface area contributed by atoms with Crippen LogP contribution in [-0.4, -0.2) is 26.7 Å². The number of nitrogens with one attached hydrogen (secondary N) is 1. The first-order valence-corrected chi connectivity index (χ1v) is 8.63. The molecular formula is C19H22BrNO3. The molecular weight excluding hydrogens is 370 g/mol. The molecule has 0 saturated heterocycles. The zero-order valence-corrected chi connectivity index (χ0v) is 15.6. The maximum Gasteiger partial charge on any atom is 0.220 e. The molecule has 0 aliphatic carbocycles. The number of halogens is 1. The minimum absolute atomic E-state index is 0.0652. The number of aryl methyl sites for hydroxylation is 1. The van der Waals surface area contributed by atoms with E-state index in [1.54, 1.807) is 14.2 Å². The van der Waals surface area contributed by atoms with Crippen LogP contribution in [0.15, 0.2) is 46.9 Å². The third kappa shape index (κ3) is 5.57. The van der Waals surface area contributed by atoms with Crippen LogP contribution in [0.5, 0.6) is 11.5 Å². The van der Waals surface area contributed by atoms with E-state index in [1.807, 2.05) is 42.5 Å². The zero-order chi connectivity index (χ0) is 17.4. The van der Waals surface area contributed by atoms with Gasteiger partial charge in [0, 0.05) is 13.0 Å². The van der Waals surface area contributed by atoms with Crippen molar-refractivity contribution >= 4 is 21.8 Å². The van der Waals surface area contributed by atoms with E-state index in [9.17, 15) is 4.79 Å². The van der Waals surface area contributed by atoms with Crippen molar-refractivity contribution in [2.45, 2.75) is 19.3 Å². The van der Waals surface area contributed by atoms with Crippen LogP contribution in [0.4, 0.5) is 0 Å². The van der Waals surface area contributed by atoms with Crippen LogP contribution in [-0.2, 0) is 17.6 Å². The molecule has 0 radical (unpaired) electrons. The van der Waals surface area contributed by atoms with E-state index in [0.29, 0.717) is 19.4 Å². The normalized spacial score (nSPS) is 10.3. The summed E-state index contributed by atoms with van der Waals surface area (Å²) < 4.78 is 11.2. The van der Waals surface area contributed by atoms with Gasteiger partial charge < -0.3 is 14.8 Å². The summed E-state index contributed by atoms with van der Waals surface area (Å²) in [4.78, 5) is 11.9. The van der Waals surface area contributed by atoms with E-state index >= 15 is 0 Å². The molecule has 0 spiro atoms. The fraction of sp³-hybridized carbons (Fsp3) is 0.316. The Bertz CT molecular complexity index is 671. The number of rotatable bonds is 8. The highest BCUT2D eigenvalue weighted by atomic mass is 79.9. The standard InChI is InChI=1S/C19H22BrNO3/c1-23-16-7-3-14(4-8-16)11-12-21-19(22)10-6-15-5-9-18(24-2)17(20)13-15/h3-5,7-9,13H,6,10-12H2,1-2H3,(H,21,22). The van der Waals surface area contributed by atoms with Crippen molar-refractivity contribution in [1.82, 2.24) is 5.32 Å². The van der Waals surface area contributed by atoms with Gasteiger partial charge in [0.15, 0.2) is 0 Å². The molecule has 1 amide bonds. The largest absolute Gasteiger partial charge is 0.497 e. The van der Waals surface area contributed by atoms with Crippen LogP contribution in [0.25, 0.3) is 0 Å². The highest BCUT2D eigenvalue weighted by Crippen LogP contribution is 2.25. The van der Waals surface area contributed by atoms with Crippen molar-refractivity contribution in [1.29, 1.82) is 0 Å². The summed E-state index contributed by atoms with van der Waals surface area (Å²) in [5.74, 6) is 1.70. The van der Waals surface area contributed by atoms with Gasteiger partial charge in [0.1, 0.15) is 11.5 Å². The summed E-state index contributed by atoms with van der Waals surface area (Å²) in [6, 6.07) is 13.8. The van der Waals surface area contributed by atoms with Gasteiger partial charge in [-0.05, 0) is 64.2 Å². The second-order valence-corrected chi connectivity index (χ2v) is 6.27. The van der Waals surface area contributed by atoms with Crippen LogP contribution in [0, 0.1) is 0 Å². The van der Waals surface area contributed by atoms with Gasteiger partial charge in [0.05, 0.1) is 18.7 Å². The summed E-state index contributed by atoms with van der Waals surface area (Å²) in [5.41, 5.74) is 2.28. The van der Waals surface area contributed by atoms with Crippen LogP contribution < -0.4 is 14.8 Å². The van der Waals surface area contributed by atoms with Crippen LogP contribution in [0.2, 0.25) is 0 Å². The summed E-state index contributed by atoms with van der Waals surface area (Å²) in [5, 5.41) is 2.96.